The number of carbonyl (C=O) groups is 1. The first-order valence-electron chi connectivity index (χ1n) is 7.81. The zero-order chi connectivity index (χ0) is 16.8. The van der Waals surface area contributed by atoms with Crippen molar-refractivity contribution < 1.29 is 4.79 Å². The molecule has 1 aromatic heterocycles. The van der Waals surface area contributed by atoms with E-state index < -0.39 is 0 Å². The fourth-order valence-corrected chi connectivity index (χ4v) is 4.01. The lowest BCUT2D eigenvalue weighted by Crippen LogP contribution is -2.44. The van der Waals surface area contributed by atoms with E-state index in [1.54, 1.807) is 18.2 Å². The van der Waals surface area contributed by atoms with Gasteiger partial charge in [0.05, 0.1) is 16.1 Å². The standard InChI is InChI=1S/C17H16Cl2N4O/c18-13-3-1-10(6-14(13)19)22-17(24)23-11-2-4-15(23)12-7-16(20)21-8-9(12)5-11/h1,3,6-8,11,15H,2,4-5H2,(H2,20,21)(H,22,24)/t11-,15+/m1/s1. The average Bonchev–Trinajstić information content (AvgIpc) is 2.88. The van der Waals surface area contributed by atoms with Crippen molar-refractivity contribution in [2.75, 3.05) is 11.1 Å². The number of nitrogens with one attached hydrogen (secondary N) is 1. The van der Waals surface area contributed by atoms with Crippen LogP contribution in [0, 0.1) is 0 Å². The zero-order valence-corrected chi connectivity index (χ0v) is 14.3. The molecule has 1 fully saturated rings. The maximum absolute atomic E-state index is 12.8. The van der Waals surface area contributed by atoms with E-state index in [1.165, 1.54) is 5.56 Å². The van der Waals surface area contributed by atoms with E-state index in [0.717, 1.165) is 24.8 Å². The minimum absolute atomic E-state index is 0.0480. The predicted octanol–water partition coefficient (Wildman–Crippen LogP) is 4.26. The van der Waals surface area contributed by atoms with Gasteiger partial charge >= 0.3 is 6.03 Å². The van der Waals surface area contributed by atoms with Crippen LogP contribution in [0.15, 0.2) is 30.5 Å². The monoisotopic (exact) mass is 362 g/mol. The molecule has 124 valence electrons. The smallest absolute Gasteiger partial charge is 0.322 e. The zero-order valence-electron chi connectivity index (χ0n) is 12.8. The lowest BCUT2D eigenvalue weighted by molar-refractivity contribution is 0.179. The van der Waals surface area contributed by atoms with Crippen molar-refractivity contribution in [1.29, 1.82) is 0 Å². The molecule has 2 atom stereocenters. The summed E-state index contributed by atoms with van der Waals surface area (Å²) in [6.07, 6.45) is 4.57. The summed E-state index contributed by atoms with van der Waals surface area (Å²) < 4.78 is 0. The average molecular weight is 363 g/mol. The Morgan fingerprint density at radius 3 is 2.88 bits per heavy atom. The van der Waals surface area contributed by atoms with Crippen LogP contribution in [0.25, 0.3) is 0 Å². The number of aromatic nitrogens is 1. The second kappa shape index (κ2) is 5.83. The first-order chi connectivity index (χ1) is 11.5. The fraction of sp³-hybridized carbons (Fsp3) is 0.294. The number of hydrogen-bond donors (Lipinski definition) is 2. The predicted molar refractivity (Wildman–Crippen MR) is 95.4 cm³/mol. The van der Waals surface area contributed by atoms with Gasteiger partial charge in [0.2, 0.25) is 0 Å². The van der Waals surface area contributed by atoms with Gasteiger partial charge in [-0.15, -0.1) is 0 Å². The second-order valence-electron chi connectivity index (χ2n) is 6.23. The quantitative estimate of drug-likeness (QED) is 0.795. The normalized spacial score (nSPS) is 21.5. The van der Waals surface area contributed by atoms with Crippen LogP contribution in [-0.4, -0.2) is 22.0 Å². The number of urea groups is 1. The topological polar surface area (TPSA) is 71.2 Å². The number of halogens is 2. The number of hydrogen-bond acceptors (Lipinski definition) is 3. The molecule has 0 radical (unpaired) electrons. The SMILES string of the molecule is Nc1cc2c(cn1)C[C@H]1CC[C@@H]2N1C(=O)Nc1ccc(Cl)c(Cl)c1. The summed E-state index contributed by atoms with van der Waals surface area (Å²) in [6.45, 7) is 0. The van der Waals surface area contributed by atoms with Crippen molar-refractivity contribution in [2.24, 2.45) is 0 Å². The lowest BCUT2D eigenvalue weighted by Gasteiger charge is -2.36. The van der Waals surface area contributed by atoms with Gasteiger partial charge < -0.3 is 16.0 Å². The molecule has 3 N–H and O–H groups in total. The maximum atomic E-state index is 12.8. The van der Waals surface area contributed by atoms with Gasteiger partial charge in [0.1, 0.15) is 5.82 Å². The van der Waals surface area contributed by atoms with E-state index >= 15 is 0 Å². The van der Waals surface area contributed by atoms with Crippen LogP contribution in [0.5, 0.6) is 0 Å². The summed E-state index contributed by atoms with van der Waals surface area (Å²) in [5.74, 6) is 0.490. The Labute approximate surface area is 149 Å². The van der Waals surface area contributed by atoms with E-state index in [-0.39, 0.29) is 18.1 Å². The van der Waals surface area contributed by atoms with Gasteiger partial charge in [-0.3, -0.25) is 0 Å². The van der Waals surface area contributed by atoms with E-state index in [4.69, 9.17) is 28.9 Å². The molecule has 2 aromatic rings. The highest BCUT2D eigenvalue weighted by atomic mass is 35.5. The Kier molecular flexibility index (Phi) is 3.77. The number of nitrogens with zero attached hydrogens (tertiary/aromatic N) is 2. The van der Waals surface area contributed by atoms with Crippen LogP contribution in [0.1, 0.15) is 30.0 Å². The summed E-state index contributed by atoms with van der Waals surface area (Å²) in [5, 5.41) is 3.80. The third kappa shape index (κ3) is 2.58. The van der Waals surface area contributed by atoms with Crippen molar-refractivity contribution >= 4 is 40.7 Å². The van der Waals surface area contributed by atoms with E-state index in [9.17, 15) is 4.79 Å². The molecule has 2 aliphatic heterocycles. The van der Waals surface area contributed by atoms with Gasteiger partial charge in [-0.1, -0.05) is 23.2 Å². The molecule has 0 unspecified atom stereocenters. The Balaban J connectivity index is 1.60. The number of fused-ring (bicyclic) bond motifs is 4. The molecule has 2 bridgehead atoms. The minimum Gasteiger partial charge on any atom is -0.384 e. The van der Waals surface area contributed by atoms with Gasteiger partial charge in [-0.05, 0) is 54.7 Å². The summed E-state index contributed by atoms with van der Waals surface area (Å²) in [6, 6.07) is 7.08. The van der Waals surface area contributed by atoms with Gasteiger partial charge in [0.25, 0.3) is 0 Å². The number of rotatable bonds is 1. The lowest BCUT2D eigenvalue weighted by atomic mass is 9.95. The third-order valence-corrected chi connectivity index (χ3v) is 5.51. The Morgan fingerprint density at radius 2 is 2.08 bits per heavy atom. The number of benzene rings is 1. The molecular formula is C17H16Cl2N4O. The minimum atomic E-state index is -0.123. The molecule has 7 heteroatoms. The molecule has 2 aliphatic rings. The molecule has 0 spiro atoms. The van der Waals surface area contributed by atoms with Crippen molar-refractivity contribution in [3.63, 3.8) is 0 Å². The summed E-state index contributed by atoms with van der Waals surface area (Å²) in [7, 11) is 0. The highest BCUT2D eigenvalue weighted by Crippen LogP contribution is 2.44. The molecule has 5 nitrogen and oxygen atoms in total. The molecule has 0 aliphatic carbocycles. The number of nitrogen functional groups attached to an aromatic ring is 1. The first-order valence-corrected chi connectivity index (χ1v) is 8.57. The molecule has 4 rings (SSSR count). The Bertz CT molecular complexity index is 826. The Morgan fingerprint density at radius 1 is 1.25 bits per heavy atom. The summed E-state index contributed by atoms with van der Waals surface area (Å²) in [5.41, 5.74) is 8.77. The van der Waals surface area contributed by atoms with Crippen LogP contribution in [0.4, 0.5) is 16.3 Å². The molecule has 1 aromatic carbocycles. The first kappa shape index (κ1) is 15.5. The number of carbonyl (C=O) groups excluding carboxylic acids is 1. The molecule has 1 saturated heterocycles. The van der Waals surface area contributed by atoms with E-state index in [0.29, 0.717) is 21.6 Å². The van der Waals surface area contributed by atoms with Gasteiger partial charge in [-0.2, -0.15) is 0 Å². The second-order valence-corrected chi connectivity index (χ2v) is 7.04. The van der Waals surface area contributed by atoms with Gasteiger partial charge in [0.15, 0.2) is 0 Å². The van der Waals surface area contributed by atoms with Crippen LogP contribution in [0.3, 0.4) is 0 Å². The third-order valence-electron chi connectivity index (χ3n) is 4.77. The molecule has 2 amide bonds. The van der Waals surface area contributed by atoms with Crippen LogP contribution >= 0.6 is 23.2 Å². The van der Waals surface area contributed by atoms with Crippen LogP contribution in [-0.2, 0) is 6.42 Å². The molecule has 3 heterocycles. The van der Waals surface area contributed by atoms with Crippen LogP contribution < -0.4 is 11.1 Å². The molecular weight excluding hydrogens is 347 g/mol. The van der Waals surface area contributed by atoms with E-state index in [1.807, 2.05) is 17.2 Å². The van der Waals surface area contributed by atoms with Crippen molar-refractivity contribution in [3.8, 4) is 0 Å². The summed E-state index contributed by atoms with van der Waals surface area (Å²) in [4.78, 5) is 18.9. The van der Waals surface area contributed by atoms with Gasteiger partial charge in [0, 0.05) is 17.9 Å². The number of pyridine rings is 1. The van der Waals surface area contributed by atoms with E-state index in [2.05, 4.69) is 10.3 Å². The number of nitrogens with two attached hydrogens (primary N) is 1. The largest absolute Gasteiger partial charge is 0.384 e. The van der Waals surface area contributed by atoms with Crippen molar-refractivity contribution in [3.05, 3.63) is 51.6 Å². The van der Waals surface area contributed by atoms with Gasteiger partial charge in [-0.25, -0.2) is 9.78 Å². The number of anilines is 2. The van der Waals surface area contributed by atoms with Crippen LogP contribution in [0.2, 0.25) is 10.0 Å². The fourth-order valence-electron chi connectivity index (χ4n) is 3.71. The highest BCUT2D eigenvalue weighted by molar-refractivity contribution is 6.42. The summed E-state index contributed by atoms with van der Waals surface area (Å²) >= 11 is 11.9. The molecule has 24 heavy (non-hydrogen) atoms. The maximum Gasteiger partial charge on any atom is 0.322 e. The highest BCUT2D eigenvalue weighted by Gasteiger charge is 2.42. The van der Waals surface area contributed by atoms with Crippen molar-refractivity contribution in [2.45, 2.75) is 31.3 Å². The number of amides is 2. The Hall–Kier alpha value is -1.98. The molecule has 0 saturated carbocycles. The van der Waals surface area contributed by atoms with Crippen molar-refractivity contribution in [1.82, 2.24) is 9.88 Å².